The molecule has 2 rings (SSSR count). The van der Waals surface area contributed by atoms with E-state index in [2.05, 4.69) is 36.3 Å². The second kappa shape index (κ2) is 5.83. The monoisotopic (exact) mass is 244 g/mol. The normalized spacial score (nSPS) is 12.6. The number of rotatable bonds is 5. The maximum atomic E-state index is 5.96. The molecule has 0 aliphatic carbocycles. The third-order valence-corrected chi connectivity index (χ3v) is 2.83. The average Bonchev–Trinajstić information content (AvgIpc) is 2.37. The van der Waals surface area contributed by atoms with Gasteiger partial charge in [-0.25, -0.2) is 4.98 Å². The predicted octanol–water partition coefficient (Wildman–Crippen LogP) is 2.92. The van der Waals surface area contributed by atoms with Crippen LogP contribution in [0.5, 0.6) is 5.75 Å². The van der Waals surface area contributed by atoms with Crippen LogP contribution >= 0.6 is 0 Å². The Labute approximate surface area is 108 Å². The molecule has 3 heteroatoms. The van der Waals surface area contributed by atoms with E-state index in [9.17, 15) is 0 Å². The van der Waals surface area contributed by atoms with Gasteiger partial charge in [-0.2, -0.15) is 0 Å². The minimum atomic E-state index is 0.137. The summed E-state index contributed by atoms with van der Waals surface area (Å²) in [4.78, 5) is 4.56. The lowest BCUT2D eigenvalue weighted by atomic mass is 10.2. The number of aryl methyl sites for hydroxylation is 1. The molecule has 0 fully saturated rings. The van der Waals surface area contributed by atoms with Crippen LogP contribution in [0.2, 0.25) is 0 Å². The molecule has 1 unspecified atom stereocenters. The first-order valence-corrected chi connectivity index (χ1v) is 6.44. The zero-order chi connectivity index (χ0) is 13.0. The first-order chi connectivity index (χ1) is 8.70. The fourth-order valence-corrected chi connectivity index (χ4v) is 1.92. The summed E-state index contributed by atoms with van der Waals surface area (Å²) in [6.45, 7) is 7.96. The molecule has 3 nitrogen and oxygen atoms in total. The van der Waals surface area contributed by atoms with Gasteiger partial charge in [0.2, 0.25) is 0 Å². The molecular formula is C15H20N2O. The number of aromatic nitrogens is 1. The molecule has 1 aromatic heterocycles. The van der Waals surface area contributed by atoms with Gasteiger partial charge in [0.05, 0.1) is 0 Å². The van der Waals surface area contributed by atoms with Gasteiger partial charge in [-0.3, -0.25) is 0 Å². The molecule has 18 heavy (non-hydrogen) atoms. The lowest BCUT2D eigenvalue weighted by Gasteiger charge is -2.16. The van der Waals surface area contributed by atoms with Crippen LogP contribution in [0, 0.1) is 6.92 Å². The first kappa shape index (κ1) is 12.8. The Morgan fingerprint density at radius 3 is 2.89 bits per heavy atom. The molecule has 1 atom stereocenters. The molecule has 0 radical (unpaired) electrons. The molecule has 0 saturated heterocycles. The second-order valence-electron chi connectivity index (χ2n) is 4.52. The Morgan fingerprint density at radius 1 is 1.28 bits per heavy atom. The maximum Gasteiger partial charge on any atom is 0.146 e. The van der Waals surface area contributed by atoms with Gasteiger partial charge in [0.1, 0.15) is 17.4 Å². The van der Waals surface area contributed by atoms with Gasteiger partial charge in [0.25, 0.3) is 0 Å². The summed E-state index contributed by atoms with van der Waals surface area (Å²) in [6, 6.07) is 10.2. The lowest BCUT2D eigenvalue weighted by Crippen LogP contribution is -2.28. The van der Waals surface area contributed by atoms with Crippen LogP contribution in [-0.4, -0.2) is 24.2 Å². The summed E-state index contributed by atoms with van der Waals surface area (Å²) >= 11 is 0. The van der Waals surface area contributed by atoms with E-state index in [0.717, 1.165) is 35.4 Å². The molecule has 1 N–H and O–H groups in total. The van der Waals surface area contributed by atoms with E-state index in [-0.39, 0.29) is 6.10 Å². The smallest absolute Gasteiger partial charge is 0.146 e. The van der Waals surface area contributed by atoms with Crippen molar-refractivity contribution < 1.29 is 4.74 Å². The Balaban J connectivity index is 2.24. The van der Waals surface area contributed by atoms with Crippen LogP contribution in [0.1, 0.15) is 19.5 Å². The van der Waals surface area contributed by atoms with Crippen LogP contribution in [0.15, 0.2) is 30.3 Å². The van der Waals surface area contributed by atoms with Crippen LogP contribution in [0.3, 0.4) is 0 Å². The molecule has 0 aliphatic rings. The maximum absolute atomic E-state index is 5.96. The summed E-state index contributed by atoms with van der Waals surface area (Å²) in [5.74, 6) is 0.863. The number of hydrogen-bond donors (Lipinski definition) is 1. The molecule has 0 amide bonds. The van der Waals surface area contributed by atoms with Gasteiger partial charge >= 0.3 is 0 Å². The number of fused-ring (bicyclic) bond motifs is 1. The van der Waals surface area contributed by atoms with Crippen molar-refractivity contribution >= 4 is 10.9 Å². The SMILES string of the molecule is CCNCC(C)Oc1cccc2ccc(C)nc12. The first-order valence-electron chi connectivity index (χ1n) is 6.44. The summed E-state index contributed by atoms with van der Waals surface area (Å²) in [5.41, 5.74) is 1.96. The van der Waals surface area contributed by atoms with Gasteiger partial charge in [-0.15, -0.1) is 0 Å². The van der Waals surface area contributed by atoms with Gasteiger partial charge < -0.3 is 10.1 Å². The molecule has 96 valence electrons. The van der Waals surface area contributed by atoms with E-state index in [4.69, 9.17) is 4.74 Å². The largest absolute Gasteiger partial charge is 0.487 e. The highest BCUT2D eigenvalue weighted by atomic mass is 16.5. The van der Waals surface area contributed by atoms with E-state index in [1.165, 1.54) is 0 Å². The highest BCUT2D eigenvalue weighted by molar-refractivity contribution is 5.84. The highest BCUT2D eigenvalue weighted by Crippen LogP contribution is 2.24. The van der Waals surface area contributed by atoms with Gasteiger partial charge in [0.15, 0.2) is 0 Å². The molecule has 0 aliphatic heterocycles. The van der Waals surface area contributed by atoms with Gasteiger partial charge in [0, 0.05) is 17.6 Å². The summed E-state index contributed by atoms with van der Waals surface area (Å²) in [7, 11) is 0. The topological polar surface area (TPSA) is 34.1 Å². The Hall–Kier alpha value is -1.61. The van der Waals surface area contributed by atoms with E-state index >= 15 is 0 Å². The molecule has 1 aromatic carbocycles. The fourth-order valence-electron chi connectivity index (χ4n) is 1.92. The molecule has 2 aromatic rings. The number of para-hydroxylation sites is 1. The molecule has 0 saturated carbocycles. The van der Waals surface area contributed by atoms with Crippen molar-refractivity contribution in [2.75, 3.05) is 13.1 Å². The number of hydrogen-bond acceptors (Lipinski definition) is 3. The molecule has 1 heterocycles. The lowest BCUT2D eigenvalue weighted by molar-refractivity contribution is 0.220. The van der Waals surface area contributed by atoms with Crippen molar-refractivity contribution in [3.63, 3.8) is 0 Å². The summed E-state index contributed by atoms with van der Waals surface area (Å²) in [5, 5.41) is 4.40. The Kier molecular flexibility index (Phi) is 4.15. The van der Waals surface area contributed by atoms with Gasteiger partial charge in [-0.05, 0) is 32.5 Å². The van der Waals surface area contributed by atoms with E-state index in [1.807, 2.05) is 25.1 Å². The molecule has 0 spiro atoms. The third-order valence-electron chi connectivity index (χ3n) is 2.83. The highest BCUT2D eigenvalue weighted by Gasteiger charge is 2.08. The van der Waals surface area contributed by atoms with E-state index in [0.29, 0.717) is 0 Å². The van der Waals surface area contributed by atoms with Crippen molar-refractivity contribution in [2.24, 2.45) is 0 Å². The summed E-state index contributed by atoms with van der Waals surface area (Å²) < 4.78 is 5.96. The second-order valence-corrected chi connectivity index (χ2v) is 4.52. The van der Waals surface area contributed by atoms with E-state index < -0.39 is 0 Å². The standard InChI is InChI=1S/C15H20N2O/c1-4-16-10-12(3)18-14-7-5-6-13-9-8-11(2)17-15(13)14/h5-9,12,16H,4,10H2,1-3H3. The predicted molar refractivity (Wildman–Crippen MR) is 75.1 cm³/mol. The number of nitrogens with zero attached hydrogens (tertiary/aromatic N) is 1. The van der Waals surface area contributed by atoms with Crippen LogP contribution in [0.25, 0.3) is 10.9 Å². The average molecular weight is 244 g/mol. The van der Waals surface area contributed by atoms with Crippen LogP contribution in [-0.2, 0) is 0 Å². The minimum absolute atomic E-state index is 0.137. The van der Waals surface area contributed by atoms with Crippen molar-refractivity contribution in [2.45, 2.75) is 26.9 Å². The van der Waals surface area contributed by atoms with Crippen molar-refractivity contribution in [1.29, 1.82) is 0 Å². The van der Waals surface area contributed by atoms with Crippen LogP contribution < -0.4 is 10.1 Å². The Bertz CT molecular complexity index is 525. The number of nitrogens with one attached hydrogen (secondary N) is 1. The molecule has 0 bridgehead atoms. The number of likely N-dealkylation sites (N-methyl/N-ethyl adjacent to an activating group) is 1. The minimum Gasteiger partial charge on any atom is -0.487 e. The number of ether oxygens (including phenoxy) is 1. The quantitative estimate of drug-likeness (QED) is 0.878. The zero-order valence-corrected chi connectivity index (χ0v) is 11.2. The molecular weight excluding hydrogens is 224 g/mol. The fraction of sp³-hybridized carbons (Fsp3) is 0.400. The Morgan fingerprint density at radius 2 is 2.11 bits per heavy atom. The third kappa shape index (κ3) is 2.99. The number of benzene rings is 1. The van der Waals surface area contributed by atoms with E-state index in [1.54, 1.807) is 0 Å². The zero-order valence-electron chi connectivity index (χ0n) is 11.2. The number of pyridine rings is 1. The van der Waals surface area contributed by atoms with Gasteiger partial charge in [-0.1, -0.05) is 25.1 Å². The summed E-state index contributed by atoms with van der Waals surface area (Å²) in [6.07, 6.45) is 0.137. The van der Waals surface area contributed by atoms with Crippen molar-refractivity contribution in [3.8, 4) is 5.75 Å². The van der Waals surface area contributed by atoms with Crippen molar-refractivity contribution in [1.82, 2.24) is 10.3 Å². The van der Waals surface area contributed by atoms with Crippen LogP contribution in [0.4, 0.5) is 0 Å². The van der Waals surface area contributed by atoms with Crippen molar-refractivity contribution in [3.05, 3.63) is 36.0 Å².